The quantitative estimate of drug-likeness (QED) is 0.209. The molecule has 0 aliphatic heterocycles. The molecule has 0 N–H and O–H groups in total. The monoisotopic (exact) mass is 561 g/mol. The van der Waals surface area contributed by atoms with Gasteiger partial charge in [-0.2, -0.15) is 0 Å². The second-order valence-electron chi connectivity index (χ2n) is 11.3. The lowest BCUT2D eigenvalue weighted by Gasteiger charge is -2.17. The van der Waals surface area contributed by atoms with Gasteiger partial charge in [-0.1, -0.05) is 133 Å². The molecule has 0 bridgehead atoms. The van der Waals surface area contributed by atoms with Gasteiger partial charge in [0, 0.05) is 32.7 Å². The Kier molecular flexibility index (Phi) is 5.54. The van der Waals surface area contributed by atoms with Crippen LogP contribution in [0.1, 0.15) is 0 Å². The summed E-state index contributed by atoms with van der Waals surface area (Å²) in [4.78, 5) is 0. The first-order valence-corrected chi connectivity index (χ1v) is 15.0. The normalized spacial score (nSPS) is 11.6. The van der Waals surface area contributed by atoms with Gasteiger partial charge < -0.3 is 8.98 Å². The molecule has 0 amide bonds. The van der Waals surface area contributed by atoms with Crippen molar-refractivity contribution >= 4 is 43.7 Å². The van der Waals surface area contributed by atoms with Gasteiger partial charge in [0.25, 0.3) is 0 Å². The van der Waals surface area contributed by atoms with E-state index >= 15 is 0 Å². The lowest BCUT2D eigenvalue weighted by molar-refractivity contribution is 0.669. The predicted octanol–water partition coefficient (Wildman–Crippen LogP) is 11.7. The number of furan rings is 1. The van der Waals surface area contributed by atoms with Crippen molar-refractivity contribution in [3.05, 3.63) is 164 Å². The van der Waals surface area contributed by atoms with Gasteiger partial charge >= 0.3 is 0 Å². The fraction of sp³-hybridized carbons (Fsp3) is 0. The zero-order chi connectivity index (χ0) is 29.0. The van der Waals surface area contributed by atoms with E-state index in [1.807, 2.05) is 6.07 Å². The Hall–Kier alpha value is -5.86. The van der Waals surface area contributed by atoms with Crippen LogP contribution in [0.25, 0.3) is 82.8 Å². The molecule has 44 heavy (non-hydrogen) atoms. The zero-order valence-corrected chi connectivity index (χ0v) is 23.9. The van der Waals surface area contributed by atoms with Crippen LogP contribution in [0.5, 0.6) is 0 Å². The molecule has 0 spiro atoms. The molecule has 2 heterocycles. The highest BCUT2D eigenvalue weighted by Gasteiger charge is 2.22. The Morgan fingerprint density at radius 2 is 1.02 bits per heavy atom. The molecule has 0 radical (unpaired) electrons. The van der Waals surface area contributed by atoms with Crippen molar-refractivity contribution in [1.29, 1.82) is 0 Å². The molecule has 0 saturated carbocycles. The van der Waals surface area contributed by atoms with E-state index in [4.69, 9.17) is 4.42 Å². The van der Waals surface area contributed by atoms with Crippen LogP contribution in [0.2, 0.25) is 0 Å². The molecule has 9 aromatic rings. The van der Waals surface area contributed by atoms with Crippen LogP contribution in [0.4, 0.5) is 0 Å². The Morgan fingerprint density at radius 3 is 1.77 bits per heavy atom. The molecule has 7 aromatic carbocycles. The lowest BCUT2D eigenvalue weighted by Crippen LogP contribution is -1.99. The highest BCUT2D eigenvalue weighted by atomic mass is 16.3. The van der Waals surface area contributed by atoms with Gasteiger partial charge in [0.2, 0.25) is 0 Å². The third-order valence-electron chi connectivity index (χ3n) is 8.81. The summed E-state index contributed by atoms with van der Waals surface area (Å²) < 4.78 is 8.87. The summed E-state index contributed by atoms with van der Waals surface area (Å²) in [5.41, 5.74) is 12.5. The average Bonchev–Trinajstić information content (AvgIpc) is 3.65. The molecule has 0 atom stereocenters. The third-order valence-corrected chi connectivity index (χ3v) is 8.81. The molecule has 0 aliphatic rings. The van der Waals surface area contributed by atoms with Crippen molar-refractivity contribution in [1.82, 2.24) is 4.57 Å². The molecule has 206 valence electrons. The molecule has 2 nitrogen and oxygen atoms in total. The minimum absolute atomic E-state index is 0.908. The minimum Gasteiger partial charge on any atom is -0.456 e. The molecular formula is C42H27NO. The van der Waals surface area contributed by atoms with Gasteiger partial charge in [0.05, 0.1) is 16.7 Å². The van der Waals surface area contributed by atoms with Gasteiger partial charge in [-0.15, -0.1) is 0 Å². The Labute approximate surface area is 255 Å². The second kappa shape index (κ2) is 9.86. The fourth-order valence-electron chi connectivity index (χ4n) is 6.86. The molecule has 9 rings (SSSR count). The molecule has 0 saturated heterocycles. The number of benzene rings is 7. The van der Waals surface area contributed by atoms with E-state index in [1.54, 1.807) is 0 Å². The minimum atomic E-state index is 0.908. The summed E-state index contributed by atoms with van der Waals surface area (Å²) in [6.45, 7) is 0. The number of para-hydroxylation sites is 2. The summed E-state index contributed by atoms with van der Waals surface area (Å²) in [6, 6.07) is 58.4. The first kappa shape index (κ1) is 24.7. The summed E-state index contributed by atoms with van der Waals surface area (Å²) in [5, 5.41) is 4.73. The topological polar surface area (TPSA) is 18.1 Å². The summed E-state index contributed by atoms with van der Waals surface area (Å²) in [6.07, 6.45) is 0. The molecule has 0 fully saturated rings. The van der Waals surface area contributed by atoms with Gasteiger partial charge in [0.15, 0.2) is 0 Å². The van der Waals surface area contributed by atoms with Crippen LogP contribution in [0, 0.1) is 0 Å². The maximum absolute atomic E-state index is 6.39. The van der Waals surface area contributed by atoms with Crippen molar-refractivity contribution in [2.45, 2.75) is 0 Å². The van der Waals surface area contributed by atoms with Crippen molar-refractivity contribution < 1.29 is 4.42 Å². The Bertz CT molecular complexity index is 2470. The van der Waals surface area contributed by atoms with E-state index in [0.29, 0.717) is 0 Å². The van der Waals surface area contributed by atoms with Crippen molar-refractivity contribution in [2.24, 2.45) is 0 Å². The summed E-state index contributed by atoms with van der Waals surface area (Å²) >= 11 is 0. The summed E-state index contributed by atoms with van der Waals surface area (Å²) in [5.74, 6) is 0. The summed E-state index contributed by atoms with van der Waals surface area (Å²) in [7, 11) is 0. The van der Waals surface area contributed by atoms with E-state index in [0.717, 1.165) is 33.1 Å². The molecule has 2 heteroatoms. The fourth-order valence-corrected chi connectivity index (χ4v) is 6.86. The Balaban J connectivity index is 1.47. The molecular weight excluding hydrogens is 534 g/mol. The maximum atomic E-state index is 6.39. The zero-order valence-electron chi connectivity index (χ0n) is 23.9. The van der Waals surface area contributed by atoms with E-state index in [2.05, 4.69) is 162 Å². The number of aromatic nitrogens is 1. The van der Waals surface area contributed by atoms with E-state index in [9.17, 15) is 0 Å². The third kappa shape index (κ3) is 3.75. The lowest BCUT2D eigenvalue weighted by atomic mass is 9.96. The number of nitrogens with zero attached hydrogens (tertiary/aromatic N) is 1. The molecule has 0 unspecified atom stereocenters. The highest BCUT2D eigenvalue weighted by molar-refractivity contribution is 6.28. The number of hydrogen-bond donors (Lipinski definition) is 0. The second-order valence-corrected chi connectivity index (χ2v) is 11.3. The van der Waals surface area contributed by atoms with Gasteiger partial charge in [-0.3, -0.25) is 0 Å². The number of fused-ring (bicyclic) bond motifs is 7. The maximum Gasteiger partial charge on any atom is 0.136 e. The van der Waals surface area contributed by atoms with Crippen LogP contribution in [-0.4, -0.2) is 4.57 Å². The predicted molar refractivity (Wildman–Crippen MR) is 184 cm³/mol. The van der Waals surface area contributed by atoms with Gasteiger partial charge in [0.1, 0.15) is 11.2 Å². The van der Waals surface area contributed by atoms with Crippen LogP contribution in [0.15, 0.2) is 168 Å². The van der Waals surface area contributed by atoms with Crippen LogP contribution < -0.4 is 0 Å². The first-order valence-electron chi connectivity index (χ1n) is 15.0. The van der Waals surface area contributed by atoms with Gasteiger partial charge in [-0.25, -0.2) is 0 Å². The van der Waals surface area contributed by atoms with Crippen LogP contribution >= 0.6 is 0 Å². The van der Waals surface area contributed by atoms with Crippen molar-refractivity contribution in [2.75, 3.05) is 0 Å². The van der Waals surface area contributed by atoms with Crippen molar-refractivity contribution in [3.8, 4) is 39.1 Å². The smallest absolute Gasteiger partial charge is 0.136 e. The van der Waals surface area contributed by atoms with Crippen molar-refractivity contribution in [3.63, 3.8) is 0 Å². The largest absolute Gasteiger partial charge is 0.456 e. The van der Waals surface area contributed by atoms with Crippen LogP contribution in [0.3, 0.4) is 0 Å². The number of hydrogen-bond acceptors (Lipinski definition) is 1. The molecule has 2 aromatic heterocycles. The van der Waals surface area contributed by atoms with E-state index in [1.165, 1.54) is 49.7 Å². The number of rotatable bonds is 4. The standard InChI is InChI=1S/C42H27NO/c1-4-13-28(14-5-1)31-23-24-36(35(27-31)30-17-8-3-9-18-30)43-37-25-26-39-41(33-19-10-11-22-38(33)44-39)40(37)34-21-12-20-32(42(34)43)29-15-6-2-7-16-29/h1-27H. The van der Waals surface area contributed by atoms with E-state index < -0.39 is 0 Å². The first-order chi connectivity index (χ1) is 21.8. The van der Waals surface area contributed by atoms with Gasteiger partial charge in [-0.05, 0) is 52.6 Å². The van der Waals surface area contributed by atoms with E-state index in [-0.39, 0.29) is 0 Å². The molecule has 0 aliphatic carbocycles. The average molecular weight is 562 g/mol. The van der Waals surface area contributed by atoms with Crippen LogP contribution in [-0.2, 0) is 0 Å². The highest BCUT2D eigenvalue weighted by Crippen LogP contribution is 2.45. The Morgan fingerprint density at radius 1 is 0.386 bits per heavy atom. The SMILES string of the molecule is c1ccc(-c2ccc(-n3c4ccc5oc6ccccc6c5c4c4cccc(-c5ccccc5)c43)c(-c3ccccc3)c2)cc1.